The molecule has 0 saturated carbocycles. The molecular formula is C28H37N5O3S. The van der Waals surface area contributed by atoms with Crippen molar-refractivity contribution in [2.75, 3.05) is 51.3 Å². The van der Waals surface area contributed by atoms with Crippen LogP contribution in [0.3, 0.4) is 0 Å². The summed E-state index contributed by atoms with van der Waals surface area (Å²) in [6.07, 6.45) is 5.59. The number of fused-ring (bicyclic) bond motifs is 1. The van der Waals surface area contributed by atoms with Gasteiger partial charge < -0.3 is 9.64 Å². The topological polar surface area (TPSA) is 78.9 Å². The fraction of sp³-hybridized carbons (Fsp3) is 0.500. The highest BCUT2D eigenvalue weighted by molar-refractivity contribution is 7.89. The summed E-state index contributed by atoms with van der Waals surface area (Å²) in [6, 6.07) is 15.0. The number of hydrogen-bond donors (Lipinski definition) is 0. The Morgan fingerprint density at radius 2 is 1.59 bits per heavy atom. The summed E-state index contributed by atoms with van der Waals surface area (Å²) in [5, 5.41) is 1.11. The molecule has 8 nitrogen and oxygen atoms in total. The number of hydrogen-bond acceptors (Lipinski definition) is 7. The summed E-state index contributed by atoms with van der Waals surface area (Å²) in [7, 11) is -1.98. The lowest BCUT2D eigenvalue weighted by Gasteiger charge is -2.38. The van der Waals surface area contributed by atoms with Gasteiger partial charge in [-0.25, -0.2) is 18.4 Å². The zero-order valence-corrected chi connectivity index (χ0v) is 22.7. The number of sulfonamides is 1. The second kappa shape index (κ2) is 11.3. The first-order chi connectivity index (χ1) is 18.0. The molecule has 0 bridgehead atoms. The molecule has 2 fully saturated rings. The Bertz CT molecular complexity index is 1300. The largest absolute Gasteiger partial charge is 0.497 e. The van der Waals surface area contributed by atoms with E-state index in [9.17, 15) is 8.42 Å². The number of para-hydroxylation sites is 1. The van der Waals surface area contributed by atoms with Crippen LogP contribution >= 0.6 is 0 Å². The van der Waals surface area contributed by atoms with E-state index in [1.807, 2.05) is 6.07 Å². The van der Waals surface area contributed by atoms with Crippen LogP contribution in [0.1, 0.15) is 50.9 Å². The van der Waals surface area contributed by atoms with Gasteiger partial charge in [0, 0.05) is 44.7 Å². The lowest BCUT2D eigenvalue weighted by molar-refractivity contribution is 0.125. The van der Waals surface area contributed by atoms with Gasteiger partial charge in [0.05, 0.1) is 23.6 Å². The first kappa shape index (κ1) is 25.9. The Hall–Kier alpha value is -2.75. The lowest BCUT2D eigenvalue weighted by atomic mass is 10.1. The molecule has 37 heavy (non-hydrogen) atoms. The number of nitrogens with zero attached hydrogens (tertiary/aromatic N) is 5. The average molecular weight is 524 g/mol. The van der Waals surface area contributed by atoms with Gasteiger partial charge in [-0.05, 0) is 62.1 Å². The molecular weight excluding hydrogens is 486 g/mol. The van der Waals surface area contributed by atoms with Crippen LogP contribution in [-0.4, -0.2) is 74.0 Å². The zero-order valence-electron chi connectivity index (χ0n) is 21.8. The summed E-state index contributed by atoms with van der Waals surface area (Å²) in [5.41, 5.74) is 0.981. The maximum atomic E-state index is 13.3. The Morgan fingerprint density at radius 1 is 0.892 bits per heavy atom. The molecule has 2 aromatic carbocycles. The second-order valence-electron chi connectivity index (χ2n) is 9.89. The summed E-state index contributed by atoms with van der Waals surface area (Å²) in [4.78, 5) is 15.3. The molecule has 3 aromatic rings. The molecule has 198 valence electrons. The highest BCUT2D eigenvalue weighted by Gasteiger charge is 2.33. The van der Waals surface area contributed by atoms with Crippen molar-refractivity contribution >= 4 is 26.7 Å². The maximum Gasteiger partial charge on any atom is 0.243 e. The van der Waals surface area contributed by atoms with E-state index in [4.69, 9.17) is 14.7 Å². The number of rotatable bonds is 8. The monoisotopic (exact) mass is 523 g/mol. The molecule has 0 spiro atoms. The van der Waals surface area contributed by atoms with Crippen molar-refractivity contribution in [1.29, 1.82) is 0 Å². The van der Waals surface area contributed by atoms with Gasteiger partial charge in [0.15, 0.2) is 0 Å². The molecule has 0 aliphatic carbocycles. The van der Waals surface area contributed by atoms with Gasteiger partial charge in [-0.15, -0.1) is 0 Å². The molecule has 2 saturated heterocycles. The molecule has 1 unspecified atom stereocenters. The van der Waals surface area contributed by atoms with Crippen LogP contribution in [0, 0.1) is 0 Å². The van der Waals surface area contributed by atoms with Crippen LogP contribution in [0.4, 0.5) is 5.82 Å². The van der Waals surface area contributed by atoms with Gasteiger partial charge in [-0.3, -0.25) is 4.90 Å². The van der Waals surface area contributed by atoms with E-state index >= 15 is 0 Å². The van der Waals surface area contributed by atoms with E-state index in [0.717, 1.165) is 48.5 Å². The van der Waals surface area contributed by atoms with Gasteiger partial charge in [0.1, 0.15) is 17.4 Å². The van der Waals surface area contributed by atoms with Gasteiger partial charge in [0.25, 0.3) is 0 Å². The second-order valence-corrected chi connectivity index (χ2v) is 11.8. The molecule has 2 aliphatic rings. The predicted octanol–water partition coefficient (Wildman–Crippen LogP) is 4.48. The summed E-state index contributed by atoms with van der Waals surface area (Å²) >= 11 is 0. The first-order valence-corrected chi connectivity index (χ1v) is 14.8. The number of piperazine rings is 1. The highest BCUT2D eigenvalue weighted by atomic mass is 32.2. The highest BCUT2D eigenvalue weighted by Crippen LogP contribution is 2.32. The molecule has 1 aromatic heterocycles. The maximum absolute atomic E-state index is 13.3. The van der Waals surface area contributed by atoms with E-state index in [1.165, 1.54) is 19.3 Å². The van der Waals surface area contributed by atoms with Crippen molar-refractivity contribution in [3.8, 4) is 5.75 Å². The summed E-state index contributed by atoms with van der Waals surface area (Å²) in [5.74, 6) is 2.54. The third-order valence-corrected chi connectivity index (χ3v) is 9.44. The van der Waals surface area contributed by atoms with Crippen LogP contribution in [0.25, 0.3) is 10.9 Å². The molecule has 0 radical (unpaired) electrons. The number of anilines is 1. The van der Waals surface area contributed by atoms with Crippen LogP contribution in [0.15, 0.2) is 53.4 Å². The summed E-state index contributed by atoms with van der Waals surface area (Å²) < 4.78 is 33.3. The normalized spacial score (nSPS) is 18.7. The number of methoxy groups -OCH3 is 1. The van der Waals surface area contributed by atoms with Gasteiger partial charge in [-0.1, -0.05) is 25.5 Å². The number of benzene rings is 2. The third-order valence-electron chi connectivity index (χ3n) is 7.53. The molecule has 3 heterocycles. The zero-order chi connectivity index (χ0) is 25.8. The number of ether oxygens (including phenoxy) is 1. The lowest BCUT2D eigenvalue weighted by Crippen LogP contribution is -2.49. The van der Waals surface area contributed by atoms with Crippen molar-refractivity contribution in [3.63, 3.8) is 0 Å². The molecule has 2 aliphatic heterocycles. The first-order valence-electron chi connectivity index (χ1n) is 13.4. The minimum Gasteiger partial charge on any atom is -0.497 e. The van der Waals surface area contributed by atoms with E-state index in [2.05, 4.69) is 34.9 Å². The van der Waals surface area contributed by atoms with Crippen molar-refractivity contribution in [2.24, 2.45) is 0 Å². The average Bonchev–Trinajstić information content (AvgIpc) is 2.96. The van der Waals surface area contributed by atoms with Gasteiger partial charge in [-0.2, -0.15) is 4.31 Å². The van der Waals surface area contributed by atoms with Gasteiger partial charge >= 0.3 is 0 Å². The molecule has 0 N–H and O–H groups in total. The van der Waals surface area contributed by atoms with Crippen molar-refractivity contribution in [3.05, 3.63) is 54.4 Å². The Balaban J connectivity index is 1.38. The van der Waals surface area contributed by atoms with Crippen LogP contribution in [-0.2, 0) is 10.0 Å². The third kappa shape index (κ3) is 5.44. The predicted molar refractivity (Wildman–Crippen MR) is 147 cm³/mol. The van der Waals surface area contributed by atoms with Gasteiger partial charge in [0.2, 0.25) is 10.0 Å². The van der Waals surface area contributed by atoms with Crippen LogP contribution in [0.2, 0.25) is 0 Å². The number of piperidine rings is 1. The molecule has 1 atom stereocenters. The Kier molecular flexibility index (Phi) is 7.92. The van der Waals surface area contributed by atoms with Crippen molar-refractivity contribution < 1.29 is 13.2 Å². The number of aromatic nitrogens is 2. The minimum atomic E-state index is -3.55. The fourth-order valence-electron chi connectivity index (χ4n) is 5.47. The molecule has 0 amide bonds. The van der Waals surface area contributed by atoms with E-state index in [0.29, 0.717) is 36.8 Å². The molecule has 5 rings (SSSR count). The minimum absolute atomic E-state index is 0.0592. The SMILES string of the molecule is CCCC(c1nc(N2CCCCC2)c2ccccc2n1)N1CCN(S(=O)(=O)c2ccc(OC)cc2)CC1. The molecule has 9 heteroatoms. The van der Waals surface area contributed by atoms with E-state index in [-0.39, 0.29) is 6.04 Å². The van der Waals surface area contributed by atoms with Crippen LogP contribution < -0.4 is 9.64 Å². The standard InChI is InChI=1S/C28H37N5O3S/c1-3-9-26(27-29-25-11-6-5-10-24(25)28(30-27)32-16-7-4-8-17-32)31-18-20-33(21-19-31)37(34,35)23-14-12-22(36-2)13-15-23/h5-6,10-15,26H,3-4,7-9,16-21H2,1-2H3. The Labute approximate surface area is 220 Å². The van der Waals surface area contributed by atoms with Crippen molar-refractivity contribution in [1.82, 2.24) is 19.2 Å². The fourth-order valence-corrected chi connectivity index (χ4v) is 6.90. The Morgan fingerprint density at radius 3 is 2.27 bits per heavy atom. The smallest absolute Gasteiger partial charge is 0.243 e. The van der Waals surface area contributed by atoms with E-state index < -0.39 is 10.0 Å². The van der Waals surface area contributed by atoms with E-state index in [1.54, 1.807) is 35.7 Å². The van der Waals surface area contributed by atoms with Crippen molar-refractivity contribution in [2.45, 2.75) is 50.0 Å². The van der Waals surface area contributed by atoms with Crippen LogP contribution in [0.5, 0.6) is 5.75 Å². The summed E-state index contributed by atoms with van der Waals surface area (Å²) in [6.45, 7) is 6.43. The quantitative estimate of drug-likeness (QED) is 0.431.